The Morgan fingerprint density at radius 3 is 2.73 bits per heavy atom. The summed E-state index contributed by atoms with van der Waals surface area (Å²) in [7, 11) is 0. The lowest BCUT2D eigenvalue weighted by molar-refractivity contribution is -0.133. The molecule has 6 nitrogen and oxygen atoms in total. The second-order valence-corrected chi connectivity index (χ2v) is 6.46. The van der Waals surface area contributed by atoms with E-state index in [1.54, 1.807) is 0 Å². The van der Waals surface area contributed by atoms with Crippen LogP contribution in [0.5, 0.6) is 11.6 Å². The van der Waals surface area contributed by atoms with Gasteiger partial charge in [0.15, 0.2) is 5.75 Å². The Morgan fingerprint density at radius 2 is 2.00 bits per heavy atom. The number of pyridine rings is 1. The molecule has 2 saturated heterocycles. The van der Waals surface area contributed by atoms with Crippen molar-refractivity contribution in [3.05, 3.63) is 17.8 Å². The largest absolute Gasteiger partial charge is 0.484 e. The van der Waals surface area contributed by atoms with E-state index in [9.17, 15) is 4.79 Å². The summed E-state index contributed by atoms with van der Waals surface area (Å²) in [5.74, 6) is 1.33. The van der Waals surface area contributed by atoms with Crippen molar-refractivity contribution in [2.24, 2.45) is 5.41 Å². The molecule has 0 aromatic carbocycles. The van der Waals surface area contributed by atoms with E-state index in [0.29, 0.717) is 36.7 Å². The van der Waals surface area contributed by atoms with Gasteiger partial charge in [0.25, 0.3) is 5.88 Å². The molecule has 3 aliphatic heterocycles. The molecule has 2 fully saturated rings. The van der Waals surface area contributed by atoms with Crippen LogP contribution in [-0.2, 0) is 11.2 Å². The second kappa shape index (κ2) is 5.43. The summed E-state index contributed by atoms with van der Waals surface area (Å²) in [6.07, 6.45) is 2.56. The van der Waals surface area contributed by atoms with Crippen LogP contribution in [-0.4, -0.2) is 55.2 Å². The normalized spacial score (nSPS) is 22.3. The van der Waals surface area contributed by atoms with E-state index in [4.69, 9.17) is 9.47 Å². The fourth-order valence-corrected chi connectivity index (χ4v) is 3.40. The number of hydrogen-bond acceptors (Lipinski definition) is 5. The van der Waals surface area contributed by atoms with Crippen molar-refractivity contribution in [1.29, 1.82) is 0 Å². The number of piperidine rings is 1. The zero-order valence-electron chi connectivity index (χ0n) is 12.6. The molecule has 6 heteroatoms. The quantitative estimate of drug-likeness (QED) is 0.867. The fourth-order valence-electron chi connectivity index (χ4n) is 3.40. The van der Waals surface area contributed by atoms with E-state index >= 15 is 0 Å². The van der Waals surface area contributed by atoms with Crippen molar-refractivity contribution in [2.45, 2.75) is 19.3 Å². The van der Waals surface area contributed by atoms with Gasteiger partial charge in [-0.1, -0.05) is 0 Å². The molecule has 1 spiro atoms. The zero-order valence-corrected chi connectivity index (χ0v) is 12.6. The molecule has 1 amide bonds. The molecule has 1 N–H and O–H groups in total. The Bertz CT molecular complexity index is 576. The van der Waals surface area contributed by atoms with E-state index < -0.39 is 0 Å². The summed E-state index contributed by atoms with van der Waals surface area (Å²) >= 11 is 0. The molecule has 22 heavy (non-hydrogen) atoms. The van der Waals surface area contributed by atoms with Crippen LogP contribution in [0.2, 0.25) is 0 Å². The van der Waals surface area contributed by atoms with Gasteiger partial charge in [-0.05, 0) is 30.4 Å². The highest BCUT2D eigenvalue weighted by atomic mass is 16.6. The topological polar surface area (TPSA) is 63.7 Å². The smallest absolute Gasteiger partial charge is 0.257 e. The molecule has 1 aromatic rings. The number of ether oxygens (including phenoxy) is 2. The van der Waals surface area contributed by atoms with Gasteiger partial charge < -0.3 is 19.7 Å². The predicted molar refractivity (Wildman–Crippen MR) is 80.0 cm³/mol. The highest BCUT2D eigenvalue weighted by Crippen LogP contribution is 2.35. The molecule has 0 bridgehead atoms. The molecular weight excluding hydrogens is 282 g/mol. The Kier molecular flexibility index (Phi) is 3.41. The van der Waals surface area contributed by atoms with Crippen molar-refractivity contribution < 1.29 is 14.3 Å². The summed E-state index contributed by atoms with van der Waals surface area (Å²) in [6, 6.07) is 3.70. The first-order valence-corrected chi connectivity index (χ1v) is 7.98. The molecule has 0 saturated carbocycles. The number of carbonyl (C=O) groups excluding carboxylic acids is 1. The van der Waals surface area contributed by atoms with Crippen molar-refractivity contribution in [1.82, 2.24) is 15.2 Å². The van der Waals surface area contributed by atoms with Crippen LogP contribution in [0, 0.1) is 5.41 Å². The highest BCUT2D eigenvalue weighted by Gasteiger charge is 2.40. The fraction of sp³-hybridized carbons (Fsp3) is 0.625. The Labute approximate surface area is 129 Å². The summed E-state index contributed by atoms with van der Waals surface area (Å²) < 4.78 is 10.9. The van der Waals surface area contributed by atoms with Crippen molar-refractivity contribution in [3.63, 3.8) is 0 Å². The van der Waals surface area contributed by atoms with E-state index in [1.165, 1.54) is 0 Å². The van der Waals surface area contributed by atoms with Crippen LogP contribution in [0.3, 0.4) is 0 Å². The van der Waals surface area contributed by atoms with Crippen LogP contribution in [0.15, 0.2) is 12.1 Å². The maximum atomic E-state index is 12.5. The zero-order chi connectivity index (χ0) is 15.0. The number of rotatable bonds is 2. The predicted octanol–water partition coefficient (Wildman–Crippen LogP) is 0.607. The summed E-state index contributed by atoms with van der Waals surface area (Å²) in [4.78, 5) is 18.8. The minimum absolute atomic E-state index is 0.159. The van der Waals surface area contributed by atoms with Gasteiger partial charge in [0, 0.05) is 26.2 Å². The average molecular weight is 303 g/mol. The average Bonchev–Trinajstić information content (AvgIpc) is 2.53. The summed E-state index contributed by atoms with van der Waals surface area (Å²) in [6.45, 7) is 5.02. The Morgan fingerprint density at radius 1 is 1.23 bits per heavy atom. The molecule has 0 unspecified atom stereocenters. The summed E-state index contributed by atoms with van der Waals surface area (Å²) in [5.41, 5.74) is 1.21. The third kappa shape index (κ3) is 2.52. The van der Waals surface area contributed by atoms with Crippen LogP contribution < -0.4 is 14.8 Å². The highest BCUT2D eigenvalue weighted by molar-refractivity contribution is 5.78. The van der Waals surface area contributed by atoms with Gasteiger partial charge >= 0.3 is 0 Å². The van der Waals surface area contributed by atoms with Gasteiger partial charge in [0.1, 0.15) is 13.2 Å². The minimum atomic E-state index is 0.159. The van der Waals surface area contributed by atoms with Crippen LogP contribution >= 0.6 is 0 Å². The number of nitrogens with one attached hydrogen (secondary N) is 1. The third-order valence-electron chi connectivity index (χ3n) is 4.97. The molecule has 0 atom stereocenters. The number of aromatic nitrogens is 1. The number of carbonyl (C=O) groups is 1. The van der Waals surface area contributed by atoms with Gasteiger partial charge in [-0.25, -0.2) is 4.98 Å². The van der Waals surface area contributed by atoms with Crippen LogP contribution in [0.1, 0.15) is 18.5 Å². The second-order valence-electron chi connectivity index (χ2n) is 6.46. The summed E-state index contributed by atoms with van der Waals surface area (Å²) in [5, 5.41) is 3.35. The van der Waals surface area contributed by atoms with Gasteiger partial charge in [0.2, 0.25) is 5.91 Å². The molecule has 3 aliphatic rings. The number of likely N-dealkylation sites (tertiary alicyclic amines) is 1. The van der Waals surface area contributed by atoms with Gasteiger partial charge in [-0.15, -0.1) is 0 Å². The van der Waals surface area contributed by atoms with E-state index in [1.807, 2.05) is 17.0 Å². The molecule has 0 radical (unpaired) electrons. The number of fused-ring (bicyclic) bond motifs is 1. The maximum absolute atomic E-state index is 12.5. The van der Waals surface area contributed by atoms with Crippen molar-refractivity contribution in [2.75, 3.05) is 39.4 Å². The Hall–Kier alpha value is -1.82. The first-order valence-electron chi connectivity index (χ1n) is 7.98. The minimum Gasteiger partial charge on any atom is -0.484 e. The monoisotopic (exact) mass is 303 g/mol. The molecule has 1 aromatic heterocycles. The van der Waals surface area contributed by atoms with Crippen molar-refractivity contribution >= 4 is 5.91 Å². The molecule has 118 valence electrons. The van der Waals surface area contributed by atoms with Crippen LogP contribution in [0.4, 0.5) is 0 Å². The number of amides is 1. The molecule has 0 aliphatic carbocycles. The third-order valence-corrected chi connectivity index (χ3v) is 4.97. The SMILES string of the molecule is O=C(Cc1ccc2c(n1)OCCO2)N1CCC2(CC1)CNC2. The van der Waals surface area contributed by atoms with Gasteiger partial charge in [0.05, 0.1) is 12.1 Å². The lowest BCUT2D eigenvalue weighted by atomic mass is 9.73. The molecule has 4 heterocycles. The van der Waals surface area contributed by atoms with E-state index in [2.05, 4.69) is 10.3 Å². The molecule has 4 rings (SSSR count). The lowest BCUT2D eigenvalue weighted by Gasteiger charge is -2.48. The van der Waals surface area contributed by atoms with Crippen molar-refractivity contribution in [3.8, 4) is 11.6 Å². The first-order chi connectivity index (χ1) is 10.7. The molecular formula is C16H21N3O3. The van der Waals surface area contributed by atoms with E-state index in [-0.39, 0.29) is 5.91 Å². The van der Waals surface area contributed by atoms with Gasteiger partial charge in [-0.3, -0.25) is 4.79 Å². The number of nitrogens with zero attached hydrogens (tertiary/aromatic N) is 2. The standard InChI is InChI=1S/C16H21N3O3/c20-14(19-5-3-16(4-6-19)10-17-11-16)9-12-1-2-13-15(18-12)22-8-7-21-13/h1-2,17H,3-11H2. The first kappa shape index (κ1) is 13.8. The van der Waals surface area contributed by atoms with Crippen LogP contribution in [0.25, 0.3) is 0 Å². The van der Waals surface area contributed by atoms with Gasteiger partial charge in [-0.2, -0.15) is 0 Å². The lowest BCUT2D eigenvalue weighted by Crippen LogP contribution is -2.58. The number of hydrogen-bond donors (Lipinski definition) is 1. The van der Waals surface area contributed by atoms with E-state index in [0.717, 1.165) is 44.7 Å². The Balaban J connectivity index is 1.37. The maximum Gasteiger partial charge on any atom is 0.257 e.